The van der Waals surface area contributed by atoms with E-state index in [0.29, 0.717) is 6.61 Å². The van der Waals surface area contributed by atoms with Gasteiger partial charge in [-0.3, -0.25) is 0 Å². The van der Waals surface area contributed by atoms with Gasteiger partial charge in [0.25, 0.3) is 0 Å². The van der Waals surface area contributed by atoms with E-state index in [2.05, 4.69) is 5.92 Å². The molecule has 2 heteroatoms. The van der Waals surface area contributed by atoms with E-state index in [1.54, 1.807) is 7.11 Å². The molecule has 0 aliphatic rings. The number of hydrogen-bond donors (Lipinski definition) is 0. The second kappa shape index (κ2) is 7.39. The molecule has 0 aliphatic carbocycles. The van der Waals surface area contributed by atoms with Gasteiger partial charge in [-0.05, 0) is 41.5 Å². The van der Waals surface area contributed by atoms with Crippen molar-refractivity contribution < 1.29 is 9.47 Å². The van der Waals surface area contributed by atoms with Crippen LogP contribution in [-0.4, -0.2) is 7.11 Å². The second-order valence-corrected chi connectivity index (χ2v) is 5.36. The van der Waals surface area contributed by atoms with Crippen molar-refractivity contribution in [3.05, 3.63) is 83.9 Å². The number of rotatable bonds is 5. The molecule has 0 bridgehead atoms. The first-order chi connectivity index (χ1) is 11.8. The molecule has 0 amide bonds. The van der Waals surface area contributed by atoms with Gasteiger partial charge >= 0.3 is 0 Å². The normalized spacial score (nSPS) is 10.0. The van der Waals surface area contributed by atoms with E-state index >= 15 is 0 Å². The molecule has 0 saturated carbocycles. The molecule has 0 aromatic heterocycles. The van der Waals surface area contributed by atoms with Gasteiger partial charge in [0.2, 0.25) is 0 Å². The molecule has 0 atom stereocenters. The summed E-state index contributed by atoms with van der Waals surface area (Å²) in [6, 6.07) is 23.8. The molecule has 3 aromatic rings. The lowest BCUT2D eigenvalue weighted by molar-refractivity contribution is 0.307. The molecule has 0 heterocycles. The molecule has 24 heavy (non-hydrogen) atoms. The molecular formula is C22H18O2. The van der Waals surface area contributed by atoms with Gasteiger partial charge in [-0.1, -0.05) is 48.4 Å². The first kappa shape index (κ1) is 15.7. The summed E-state index contributed by atoms with van der Waals surface area (Å²) >= 11 is 0. The lowest BCUT2D eigenvalue weighted by Gasteiger charge is -2.13. The highest BCUT2D eigenvalue weighted by molar-refractivity contribution is 5.72. The van der Waals surface area contributed by atoms with Gasteiger partial charge in [0, 0.05) is 11.1 Å². The Morgan fingerprint density at radius 2 is 1.67 bits per heavy atom. The molecule has 0 spiro atoms. The lowest BCUT2D eigenvalue weighted by atomic mass is 10.0. The summed E-state index contributed by atoms with van der Waals surface area (Å²) in [6.45, 7) is 0.513. The predicted octanol–water partition coefficient (Wildman–Crippen LogP) is 4.92. The minimum atomic E-state index is 0.513. The largest absolute Gasteiger partial charge is 0.497 e. The summed E-state index contributed by atoms with van der Waals surface area (Å²) in [5.41, 5.74) is 3.96. The summed E-state index contributed by atoms with van der Waals surface area (Å²) in [6.07, 6.45) is 5.55. The van der Waals surface area contributed by atoms with Crippen molar-refractivity contribution in [1.82, 2.24) is 0 Å². The monoisotopic (exact) mass is 314 g/mol. The van der Waals surface area contributed by atoms with Crippen molar-refractivity contribution in [2.45, 2.75) is 6.61 Å². The maximum Gasteiger partial charge on any atom is 0.127 e. The van der Waals surface area contributed by atoms with Crippen molar-refractivity contribution in [1.29, 1.82) is 0 Å². The van der Waals surface area contributed by atoms with E-state index in [1.165, 1.54) is 0 Å². The van der Waals surface area contributed by atoms with Crippen LogP contribution >= 0.6 is 0 Å². The Morgan fingerprint density at radius 3 is 2.33 bits per heavy atom. The molecule has 0 aliphatic heterocycles. The Labute approximate surface area is 142 Å². The van der Waals surface area contributed by atoms with Crippen LogP contribution in [0.25, 0.3) is 11.1 Å². The van der Waals surface area contributed by atoms with Gasteiger partial charge < -0.3 is 9.47 Å². The third-order valence-corrected chi connectivity index (χ3v) is 3.78. The molecule has 0 saturated heterocycles. The highest BCUT2D eigenvalue weighted by atomic mass is 16.5. The SMILES string of the molecule is C#Cc1ccc(OCc2ccccc2)c(-c2ccc(OC)cc2)c1. The molecule has 0 fully saturated rings. The topological polar surface area (TPSA) is 18.5 Å². The zero-order chi connectivity index (χ0) is 16.8. The fourth-order valence-corrected chi connectivity index (χ4v) is 2.48. The maximum atomic E-state index is 6.03. The Hall–Kier alpha value is -3.18. The van der Waals surface area contributed by atoms with E-state index in [4.69, 9.17) is 15.9 Å². The summed E-state index contributed by atoms with van der Waals surface area (Å²) in [7, 11) is 1.66. The van der Waals surface area contributed by atoms with E-state index in [0.717, 1.165) is 33.8 Å². The van der Waals surface area contributed by atoms with Gasteiger partial charge in [-0.15, -0.1) is 6.42 Å². The van der Waals surface area contributed by atoms with Crippen LogP contribution in [-0.2, 0) is 6.61 Å². The lowest BCUT2D eigenvalue weighted by Crippen LogP contribution is -1.97. The zero-order valence-corrected chi connectivity index (χ0v) is 13.5. The summed E-state index contributed by atoms with van der Waals surface area (Å²) in [4.78, 5) is 0. The highest BCUT2D eigenvalue weighted by Gasteiger charge is 2.08. The van der Waals surface area contributed by atoms with E-state index in [1.807, 2.05) is 72.8 Å². The van der Waals surface area contributed by atoms with Crippen LogP contribution in [0.5, 0.6) is 11.5 Å². The molecule has 2 nitrogen and oxygen atoms in total. The molecule has 3 rings (SSSR count). The molecule has 0 N–H and O–H groups in total. The Balaban J connectivity index is 1.92. The van der Waals surface area contributed by atoms with Crippen molar-refractivity contribution in [2.75, 3.05) is 7.11 Å². The molecule has 0 radical (unpaired) electrons. The molecule has 118 valence electrons. The third kappa shape index (κ3) is 3.59. The van der Waals surface area contributed by atoms with Crippen LogP contribution in [0, 0.1) is 12.3 Å². The quantitative estimate of drug-likeness (QED) is 0.622. The van der Waals surface area contributed by atoms with Crippen molar-refractivity contribution >= 4 is 0 Å². The van der Waals surface area contributed by atoms with Crippen LogP contribution in [0.15, 0.2) is 72.8 Å². The minimum absolute atomic E-state index is 0.513. The van der Waals surface area contributed by atoms with Gasteiger partial charge in [0.05, 0.1) is 7.11 Å². The van der Waals surface area contributed by atoms with E-state index in [-0.39, 0.29) is 0 Å². The smallest absolute Gasteiger partial charge is 0.127 e. The average molecular weight is 314 g/mol. The summed E-state index contributed by atoms with van der Waals surface area (Å²) in [5, 5.41) is 0. The number of ether oxygens (including phenoxy) is 2. The zero-order valence-electron chi connectivity index (χ0n) is 13.5. The maximum absolute atomic E-state index is 6.03. The first-order valence-electron chi connectivity index (χ1n) is 7.72. The van der Waals surface area contributed by atoms with Crippen molar-refractivity contribution in [2.24, 2.45) is 0 Å². The van der Waals surface area contributed by atoms with Crippen LogP contribution < -0.4 is 9.47 Å². The average Bonchev–Trinajstić information content (AvgIpc) is 2.67. The third-order valence-electron chi connectivity index (χ3n) is 3.78. The predicted molar refractivity (Wildman–Crippen MR) is 97.1 cm³/mol. The fraction of sp³-hybridized carbons (Fsp3) is 0.0909. The van der Waals surface area contributed by atoms with Gasteiger partial charge in [-0.25, -0.2) is 0 Å². The Bertz CT molecular complexity index is 843. The summed E-state index contributed by atoms with van der Waals surface area (Å²) in [5.74, 6) is 4.31. The Kier molecular flexibility index (Phi) is 4.84. The molecular weight excluding hydrogens is 296 g/mol. The standard InChI is InChI=1S/C22H18O2/c1-3-17-9-14-22(24-16-18-7-5-4-6-8-18)21(15-17)19-10-12-20(23-2)13-11-19/h1,4-15H,16H2,2H3. The number of terminal acetylenes is 1. The van der Waals surface area contributed by atoms with Crippen LogP contribution in [0.2, 0.25) is 0 Å². The van der Waals surface area contributed by atoms with Gasteiger partial charge in [0.1, 0.15) is 18.1 Å². The molecule has 0 unspecified atom stereocenters. The van der Waals surface area contributed by atoms with Gasteiger partial charge in [-0.2, -0.15) is 0 Å². The Morgan fingerprint density at radius 1 is 0.917 bits per heavy atom. The number of benzene rings is 3. The van der Waals surface area contributed by atoms with Crippen molar-refractivity contribution in [3.8, 4) is 35.0 Å². The highest BCUT2D eigenvalue weighted by Crippen LogP contribution is 2.32. The van der Waals surface area contributed by atoms with Crippen LogP contribution in [0.4, 0.5) is 0 Å². The van der Waals surface area contributed by atoms with Gasteiger partial charge in [0.15, 0.2) is 0 Å². The fourth-order valence-electron chi connectivity index (χ4n) is 2.48. The first-order valence-corrected chi connectivity index (χ1v) is 7.72. The number of methoxy groups -OCH3 is 1. The van der Waals surface area contributed by atoms with Crippen LogP contribution in [0.3, 0.4) is 0 Å². The second-order valence-electron chi connectivity index (χ2n) is 5.36. The van der Waals surface area contributed by atoms with E-state index in [9.17, 15) is 0 Å². The van der Waals surface area contributed by atoms with Crippen LogP contribution in [0.1, 0.15) is 11.1 Å². The molecule has 3 aromatic carbocycles. The van der Waals surface area contributed by atoms with Crippen molar-refractivity contribution in [3.63, 3.8) is 0 Å². The number of hydrogen-bond acceptors (Lipinski definition) is 2. The summed E-state index contributed by atoms with van der Waals surface area (Å²) < 4.78 is 11.3. The minimum Gasteiger partial charge on any atom is -0.497 e. The van der Waals surface area contributed by atoms with E-state index < -0.39 is 0 Å².